The number of ether oxygens (including phenoxy) is 1. The van der Waals surface area contributed by atoms with Crippen LogP contribution in [0, 0.1) is 5.92 Å². The second kappa shape index (κ2) is 6.66. The Hall–Kier alpha value is -2.27. The van der Waals surface area contributed by atoms with Crippen LogP contribution in [-0.2, 0) is 4.74 Å². The monoisotopic (exact) mass is 303 g/mol. The molecule has 2 heterocycles. The molecular weight excluding hydrogens is 282 g/mol. The Kier molecular flexibility index (Phi) is 4.88. The number of nitrogens with zero attached hydrogens (tertiary/aromatic N) is 5. The van der Waals surface area contributed by atoms with Crippen LogP contribution in [0.4, 0.5) is 4.79 Å². The maximum Gasteiger partial charge on any atom is 0.410 e. The van der Waals surface area contributed by atoms with Gasteiger partial charge in [0.1, 0.15) is 5.60 Å². The summed E-state index contributed by atoms with van der Waals surface area (Å²) in [5.74, 6) is 0.180. The van der Waals surface area contributed by atoms with Gasteiger partial charge in [-0.2, -0.15) is 0 Å². The maximum absolute atomic E-state index is 12.2. The van der Waals surface area contributed by atoms with Crippen molar-refractivity contribution in [3.63, 3.8) is 0 Å². The van der Waals surface area contributed by atoms with E-state index in [1.165, 1.54) is 0 Å². The minimum Gasteiger partial charge on any atom is -0.444 e. The minimum absolute atomic E-state index is 0.0765. The van der Waals surface area contributed by atoms with Crippen molar-refractivity contribution in [3.8, 4) is 0 Å². The van der Waals surface area contributed by atoms with Crippen molar-refractivity contribution in [2.24, 2.45) is 11.0 Å². The number of likely N-dealkylation sites (tertiary alicyclic amines) is 1. The molecular formula is C15H21N5O2. The van der Waals surface area contributed by atoms with E-state index < -0.39 is 5.60 Å². The number of azide groups is 1. The smallest absolute Gasteiger partial charge is 0.410 e. The number of carbonyl (C=O) groups is 1. The molecule has 0 radical (unpaired) electrons. The maximum atomic E-state index is 12.2. The lowest BCUT2D eigenvalue weighted by Crippen LogP contribution is -2.35. The molecule has 22 heavy (non-hydrogen) atoms. The molecule has 0 aromatic carbocycles. The van der Waals surface area contributed by atoms with Gasteiger partial charge in [0.15, 0.2) is 0 Å². The van der Waals surface area contributed by atoms with E-state index in [0.717, 1.165) is 5.56 Å². The fraction of sp³-hybridized carbons (Fsp3) is 0.600. The Balaban J connectivity index is 2.14. The Labute approximate surface area is 129 Å². The van der Waals surface area contributed by atoms with Crippen LogP contribution in [0.1, 0.15) is 32.3 Å². The van der Waals surface area contributed by atoms with Gasteiger partial charge in [-0.05, 0) is 43.9 Å². The quantitative estimate of drug-likeness (QED) is 0.487. The highest BCUT2D eigenvalue weighted by molar-refractivity contribution is 5.68. The summed E-state index contributed by atoms with van der Waals surface area (Å²) >= 11 is 0. The van der Waals surface area contributed by atoms with E-state index in [2.05, 4.69) is 15.0 Å². The molecule has 1 aromatic heterocycles. The van der Waals surface area contributed by atoms with Gasteiger partial charge < -0.3 is 9.64 Å². The standard InChI is InChI=1S/C15H21N5O2/c1-15(2,3)22-14(21)20-9-12(8-18-19-16)13(10-20)11-5-4-6-17-7-11/h4-7,12-13H,8-10H2,1-3H3. The molecule has 118 valence electrons. The Morgan fingerprint density at radius 1 is 1.55 bits per heavy atom. The van der Waals surface area contributed by atoms with E-state index in [-0.39, 0.29) is 17.9 Å². The van der Waals surface area contributed by atoms with Gasteiger partial charge in [-0.15, -0.1) is 0 Å². The molecule has 1 amide bonds. The molecule has 7 heteroatoms. The van der Waals surface area contributed by atoms with Crippen molar-refractivity contribution in [2.45, 2.75) is 32.3 Å². The van der Waals surface area contributed by atoms with Crippen LogP contribution < -0.4 is 0 Å². The average Bonchev–Trinajstić information content (AvgIpc) is 2.88. The fourth-order valence-corrected chi connectivity index (χ4v) is 2.65. The van der Waals surface area contributed by atoms with E-state index in [1.807, 2.05) is 32.9 Å². The highest BCUT2D eigenvalue weighted by Gasteiger charge is 2.37. The first-order valence-corrected chi connectivity index (χ1v) is 7.29. The van der Waals surface area contributed by atoms with Crippen LogP contribution in [0.5, 0.6) is 0 Å². The summed E-state index contributed by atoms with van der Waals surface area (Å²) in [7, 11) is 0. The van der Waals surface area contributed by atoms with E-state index in [1.54, 1.807) is 17.3 Å². The molecule has 0 bridgehead atoms. The molecule has 1 aliphatic heterocycles. The molecule has 1 aliphatic rings. The number of hydrogen-bond acceptors (Lipinski definition) is 4. The predicted octanol–water partition coefficient (Wildman–Crippen LogP) is 3.34. The number of carbonyl (C=O) groups excluding carboxylic acids is 1. The van der Waals surface area contributed by atoms with Gasteiger partial charge in [0.2, 0.25) is 0 Å². The summed E-state index contributed by atoms with van der Waals surface area (Å²) < 4.78 is 5.43. The normalized spacial score (nSPS) is 21.3. The Morgan fingerprint density at radius 2 is 2.32 bits per heavy atom. The summed E-state index contributed by atoms with van der Waals surface area (Å²) in [4.78, 5) is 20.9. The van der Waals surface area contributed by atoms with Gasteiger partial charge in [-0.3, -0.25) is 4.98 Å². The third-order valence-corrected chi connectivity index (χ3v) is 3.58. The van der Waals surface area contributed by atoms with Crippen molar-refractivity contribution in [1.29, 1.82) is 0 Å². The first-order chi connectivity index (χ1) is 10.4. The number of rotatable bonds is 3. The molecule has 1 saturated heterocycles. The molecule has 2 unspecified atom stereocenters. The molecule has 2 atom stereocenters. The lowest BCUT2D eigenvalue weighted by molar-refractivity contribution is 0.0287. The second-order valence-corrected chi connectivity index (χ2v) is 6.45. The van der Waals surface area contributed by atoms with E-state index >= 15 is 0 Å². The minimum atomic E-state index is -0.524. The molecule has 1 aromatic rings. The van der Waals surface area contributed by atoms with Crippen molar-refractivity contribution in [3.05, 3.63) is 40.5 Å². The Bertz CT molecular complexity index is 563. The van der Waals surface area contributed by atoms with E-state index in [0.29, 0.717) is 19.6 Å². The van der Waals surface area contributed by atoms with E-state index in [9.17, 15) is 4.79 Å². The summed E-state index contributed by atoms with van der Waals surface area (Å²) in [6.07, 6.45) is 3.18. The zero-order valence-electron chi connectivity index (χ0n) is 13.1. The highest BCUT2D eigenvalue weighted by atomic mass is 16.6. The predicted molar refractivity (Wildman–Crippen MR) is 82.3 cm³/mol. The number of pyridine rings is 1. The zero-order chi connectivity index (χ0) is 16.2. The first-order valence-electron chi connectivity index (χ1n) is 7.29. The van der Waals surface area contributed by atoms with Crippen LogP contribution in [0.2, 0.25) is 0 Å². The van der Waals surface area contributed by atoms with Gasteiger partial charge in [0.05, 0.1) is 0 Å². The average molecular weight is 303 g/mol. The summed E-state index contributed by atoms with van der Waals surface area (Å²) in [6.45, 7) is 6.96. The zero-order valence-corrected chi connectivity index (χ0v) is 13.1. The van der Waals surface area contributed by atoms with Crippen LogP contribution in [0.15, 0.2) is 29.6 Å². The van der Waals surface area contributed by atoms with Gasteiger partial charge in [0.25, 0.3) is 0 Å². The molecule has 0 saturated carbocycles. The molecule has 1 fully saturated rings. The summed E-state index contributed by atoms with van der Waals surface area (Å²) in [6, 6.07) is 3.86. The number of aromatic nitrogens is 1. The second-order valence-electron chi connectivity index (χ2n) is 6.45. The number of hydrogen-bond donors (Lipinski definition) is 0. The van der Waals surface area contributed by atoms with Gasteiger partial charge in [-0.25, -0.2) is 4.79 Å². The first kappa shape index (κ1) is 16.1. The summed E-state index contributed by atoms with van der Waals surface area (Å²) in [5.41, 5.74) is 9.08. The largest absolute Gasteiger partial charge is 0.444 e. The summed E-state index contributed by atoms with van der Waals surface area (Å²) in [5, 5.41) is 3.68. The van der Waals surface area contributed by atoms with Crippen LogP contribution in [0.25, 0.3) is 10.4 Å². The van der Waals surface area contributed by atoms with Gasteiger partial charge in [0, 0.05) is 42.9 Å². The molecule has 2 rings (SSSR count). The Morgan fingerprint density at radius 3 is 2.91 bits per heavy atom. The third-order valence-electron chi connectivity index (χ3n) is 3.58. The molecule has 0 aliphatic carbocycles. The van der Waals surface area contributed by atoms with Crippen molar-refractivity contribution in [1.82, 2.24) is 9.88 Å². The lowest BCUT2D eigenvalue weighted by Gasteiger charge is -2.24. The van der Waals surface area contributed by atoms with Gasteiger partial charge >= 0.3 is 6.09 Å². The van der Waals surface area contributed by atoms with Crippen molar-refractivity contribution in [2.75, 3.05) is 19.6 Å². The van der Waals surface area contributed by atoms with Crippen LogP contribution in [0.3, 0.4) is 0 Å². The molecule has 0 spiro atoms. The SMILES string of the molecule is CC(C)(C)OC(=O)N1CC(CN=[N+]=[N-])C(c2cccnc2)C1. The third kappa shape index (κ3) is 4.11. The molecule has 7 nitrogen and oxygen atoms in total. The van der Waals surface area contributed by atoms with Crippen molar-refractivity contribution < 1.29 is 9.53 Å². The van der Waals surface area contributed by atoms with Gasteiger partial charge in [-0.1, -0.05) is 11.2 Å². The van der Waals surface area contributed by atoms with Crippen LogP contribution in [-0.4, -0.2) is 41.2 Å². The van der Waals surface area contributed by atoms with Crippen LogP contribution >= 0.6 is 0 Å². The fourth-order valence-electron chi connectivity index (χ4n) is 2.65. The van der Waals surface area contributed by atoms with Crippen molar-refractivity contribution >= 4 is 6.09 Å². The highest BCUT2D eigenvalue weighted by Crippen LogP contribution is 2.33. The van der Waals surface area contributed by atoms with E-state index in [4.69, 9.17) is 10.3 Å². The topological polar surface area (TPSA) is 91.2 Å². The lowest BCUT2D eigenvalue weighted by atomic mass is 9.90. The number of amides is 1. The molecule has 0 N–H and O–H groups in total.